The van der Waals surface area contributed by atoms with E-state index >= 15 is 0 Å². The third-order valence-corrected chi connectivity index (χ3v) is 4.25. The van der Waals surface area contributed by atoms with E-state index in [1.54, 1.807) is 18.3 Å². The molecular formula is C17H16ClN3O. The van der Waals surface area contributed by atoms with Crippen molar-refractivity contribution in [3.63, 3.8) is 0 Å². The second kappa shape index (κ2) is 6.33. The summed E-state index contributed by atoms with van der Waals surface area (Å²) in [5.41, 5.74) is 3.36. The van der Waals surface area contributed by atoms with Gasteiger partial charge in [0.05, 0.1) is 5.02 Å². The number of fused-ring (bicyclic) bond motifs is 1. The number of ether oxygens (including phenoxy) is 1. The molecule has 0 spiro atoms. The predicted octanol–water partition coefficient (Wildman–Crippen LogP) is 4.24. The van der Waals surface area contributed by atoms with E-state index in [0.717, 1.165) is 42.5 Å². The fourth-order valence-electron chi connectivity index (χ4n) is 2.80. The van der Waals surface area contributed by atoms with Crippen LogP contribution in [0.2, 0.25) is 5.02 Å². The third kappa shape index (κ3) is 2.77. The number of nitrogens with zero attached hydrogens (tertiary/aromatic N) is 3. The summed E-state index contributed by atoms with van der Waals surface area (Å²) in [6, 6.07) is 5.62. The van der Waals surface area contributed by atoms with Gasteiger partial charge in [0.1, 0.15) is 17.5 Å². The zero-order valence-corrected chi connectivity index (χ0v) is 13.2. The molecule has 0 aromatic carbocycles. The van der Waals surface area contributed by atoms with Gasteiger partial charge in [-0.15, -0.1) is 0 Å². The highest BCUT2D eigenvalue weighted by Gasteiger charge is 2.17. The number of hydrogen-bond acceptors (Lipinski definition) is 4. The molecule has 112 valence electrons. The molecule has 0 aliphatic heterocycles. The van der Waals surface area contributed by atoms with Crippen LogP contribution in [0.5, 0.6) is 11.6 Å². The van der Waals surface area contributed by atoms with Crippen molar-refractivity contribution < 1.29 is 4.74 Å². The maximum absolute atomic E-state index is 9.14. The zero-order chi connectivity index (χ0) is 15.5. The van der Waals surface area contributed by atoms with E-state index in [0.29, 0.717) is 28.8 Å². The lowest BCUT2D eigenvalue weighted by Gasteiger charge is -2.18. The highest BCUT2D eigenvalue weighted by Crippen LogP contribution is 2.32. The average molecular weight is 314 g/mol. The lowest BCUT2D eigenvalue weighted by molar-refractivity contribution is 0.452. The molecule has 1 aliphatic carbocycles. The second-order valence-corrected chi connectivity index (χ2v) is 5.69. The molecule has 0 unspecified atom stereocenters. The average Bonchev–Trinajstić information content (AvgIpc) is 2.54. The highest BCUT2D eigenvalue weighted by atomic mass is 35.5. The monoisotopic (exact) mass is 313 g/mol. The van der Waals surface area contributed by atoms with Crippen molar-refractivity contribution >= 4 is 11.6 Å². The molecule has 0 saturated carbocycles. The van der Waals surface area contributed by atoms with Crippen molar-refractivity contribution in [2.75, 3.05) is 0 Å². The molecule has 4 nitrogen and oxygen atoms in total. The Morgan fingerprint density at radius 3 is 2.95 bits per heavy atom. The van der Waals surface area contributed by atoms with Crippen LogP contribution in [0.3, 0.4) is 0 Å². The summed E-state index contributed by atoms with van der Waals surface area (Å²) in [6.07, 6.45) is 6.46. The summed E-state index contributed by atoms with van der Waals surface area (Å²) in [5.74, 6) is 1.10. The maximum Gasteiger partial charge on any atom is 0.220 e. The summed E-state index contributed by atoms with van der Waals surface area (Å²) in [7, 11) is 0. The number of nitriles is 1. The second-order valence-electron chi connectivity index (χ2n) is 5.28. The van der Waals surface area contributed by atoms with E-state index in [1.807, 2.05) is 6.92 Å². The Morgan fingerprint density at radius 1 is 1.36 bits per heavy atom. The Morgan fingerprint density at radius 2 is 2.18 bits per heavy atom. The molecule has 2 aromatic heterocycles. The number of halogens is 1. The van der Waals surface area contributed by atoms with E-state index in [-0.39, 0.29) is 0 Å². The number of aryl methyl sites for hydroxylation is 1. The fourth-order valence-corrected chi connectivity index (χ4v) is 3.10. The van der Waals surface area contributed by atoms with Gasteiger partial charge < -0.3 is 4.74 Å². The van der Waals surface area contributed by atoms with Crippen LogP contribution in [-0.4, -0.2) is 9.97 Å². The molecule has 3 rings (SSSR count). The quantitative estimate of drug-likeness (QED) is 0.850. The largest absolute Gasteiger partial charge is 0.439 e. The molecule has 0 atom stereocenters. The van der Waals surface area contributed by atoms with E-state index in [2.05, 4.69) is 16.0 Å². The summed E-state index contributed by atoms with van der Waals surface area (Å²) < 4.78 is 5.90. The number of rotatable bonds is 3. The van der Waals surface area contributed by atoms with Crippen LogP contribution in [0.15, 0.2) is 18.3 Å². The molecule has 0 saturated heterocycles. The van der Waals surface area contributed by atoms with Gasteiger partial charge in [-0.25, -0.2) is 9.97 Å². The Bertz CT molecular complexity index is 752. The fraction of sp³-hybridized carbons (Fsp3) is 0.353. The van der Waals surface area contributed by atoms with Gasteiger partial charge in [-0.1, -0.05) is 18.5 Å². The van der Waals surface area contributed by atoms with Crippen LogP contribution in [-0.2, 0) is 19.3 Å². The topological polar surface area (TPSA) is 58.8 Å². The minimum Gasteiger partial charge on any atom is -0.439 e. The minimum absolute atomic E-state index is 0.393. The van der Waals surface area contributed by atoms with Crippen LogP contribution in [0.4, 0.5) is 0 Å². The van der Waals surface area contributed by atoms with Crippen molar-refractivity contribution in [1.82, 2.24) is 9.97 Å². The first-order valence-electron chi connectivity index (χ1n) is 7.47. The summed E-state index contributed by atoms with van der Waals surface area (Å²) in [5, 5.41) is 9.85. The molecule has 0 fully saturated rings. The molecule has 0 radical (unpaired) electrons. The predicted molar refractivity (Wildman–Crippen MR) is 84.3 cm³/mol. The van der Waals surface area contributed by atoms with E-state index in [1.165, 1.54) is 0 Å². The minimum atomic E-state index is 0.393. The molecule has 2 heterocycles. The molecule has 0 N–H and O–H groups in total. The van der Waals surface area contributed by atoms with Crippen LogP contribution in [0.1, 0.15) is 42.3 Å². The normalized spacial score (nSPS) is 13.3. The van der Waals surface area contributed by atoms with Crippen LogP contribution in [0, 0.1) is 11.3 Å². The van der Waals surface area contributed by atoms with Crippen molar-refractivity contribution in [2.45, 2.75) is 39.0 Å². The third-order valence-electron chi connectivity index (χ3n) is 3.91. The molecule has 5 heteroatoms. The standard InChI is InChI=1S/C17H16ClN3O/c1-2-11-15(10-19)20-8-7-16(11)22-17-9-13(18)12-5-3-4-6-14(12)21-17/h7-9H,2-6H2,1H3. The van der Waals surface area contributed by atoms with Crippen LogP contribution in [0.25, 0.3) is 0 Å². The summed E-state index contributed by atoms with van der Waals surface area (Å²) in [6.45, 7) is 1.97. The smallest absolute Gasteiger partial charge is 0.220 e. The van der Waals surface area contributed by atoms with Gasteiger partial charge in [-0.3, -0.25) is 0 Å². The summed E-state index contributed by atoms with van der Waals surface area (Å²) >= 11 is 6.36. The van der Waals surface area contributed by atoms with Crippen molar-refractivity contribution in [1.29, 1.82) is 5.26 Å². The SMILES string of the molecule is CCc1c(Oc2cc(Cl)c3c(n2)CCCC3)ccnc1C#N. The molecule has 2 aromatic rings. The molecule has 0 amide bonds. The van der Waals surface area contributed by atoms with Gasteiger partial charge in [0.25, 0.3) is 0 Å². The first-order valence-corrected chi connectivity index (χ1v) is 7.84. The molecule has 0 bridgehead atoms. The van der Waals surface area contributed by atoms with Gasteiger partial charge in [-0.2, -0.15) is 5.26 Å². The van der Waals surface area contributed by atoms with Crippen molar-refractivity contribution in [3.05, 3.63) is 45.9 Å². The number of aromatic nitrogens is 2. The lowest BCUT2D eigenvalue weighted by atomic mass is 9.96. The maximum atomic E-state index is 9.14. The van der Waals surface area contributed by atoms with Gasteiger partial charge in [0, 0.05) is 23.5 Å². The van der Waals surface area contributed by atoms with E-state index in [4.69, 9.17) is 21.6 Å². The highest BCUT2D eigenvalue weighted by molar-refractivity contribution is 6.31. The van der Waals surface area contributed by atoms with Crippen LogP contribution < -0.4 is 4.74 Å². The Kier molecular flexibility index (Phi) is 4.26. The van der Waals surface area contributed by atoms with Gasteiger partial charge >= 0.3 is 0 Å². The first-order chi connectivity index (χ1) is 10.7. The Balaban J connectivity index is 1.97. The first kappa shape index (κ1) is 14.8. The van der Waals surface area contributed by atoms with Gasteiger partial charge in [0.2, 0.25) is 5.88 Å². The number of hydrogen-bond donors (Lipinski definition) is 0. The van der Waals surface area contributed by atoms with Crippen molar-refractivity contribution in [3.8, 4) is 17.7 Å². The van der Waals surface area contributed by atoms with Gasteiger partial charge in [0.15, 0.2) is 0 Å². The zero-order valence-electron chi connectivity index (χ0n) is 12.4. The summed E-state index contributed by atoms with van der Waals surface area (Å²) in [4.78, 5) is 8.66. The Labute approximate surface area is 134 Å². The Hall–Kier alpha value is -2.12. The molecule has 22 heavy (non-hydrogen) atoms. The van der Waals surface area contributed by atoms with Gasteiger partial charge in [-0.05, 0) is 43.7 Å². The molecular weight excluding hydrogens is 298 g/mol. The van der Waals surface area contributed by atoms with Crippen LogP contribution >= 0.6 is 11.6 Å². The number of pyridine rings is 2. The van der Waals surface area contributed by atoms with Crippen molar-refractivity contribution in [2.24, 2.45) is 0 Å². The molecule has 1 aliphatic rings. The van der Waals surface area contributed by atoms with E-state index < -0.39 is 0 Å². The lowest BCUT2D eigenvalue weighted by Crippen LogP contribution is -2.07. The van der Waals surface area contributed by atoms with E-state index in [9.17, 15) is 0 Å².